The molecule has 0 aliphatic heterocycles. The van der Waals surface area contributed by atoms with Gasteiger partial charge in [-0.15, -0.1) is 0 Å². The summed E-state index contributed by atoms with van der Waals surface area (Å²) in [5.74, 6) is -0.122. The second-order valence-electron chi connectivity index (χ2n) is 7.23. The predicted molar refractivity (Wildman–Crippen MR) is 122 cm³/mol. The van der Waals surface area contributed by atoms with E-state index in [0.717, 1.165) is 54.0 Å². The van der Waals surface area contributed by atoms with Gasteiger partial charge in [-0.3, -0.25) is 14.6 Å². The Kier molecular flexibility index (Phi) is 10.9. The first-order valence-electron chi connectivity index (χ1n) is 10.5. The zero-order valence-corrected chi connectivity index (χ0v) is 18.8. The fourth-order valence-corrected chi connectivity index (χ4v) is 3.57. The zero-order valence-electron chi connectivity index (χ0n) is 17.9. The molecule has 2 aromatic rings. The lowest BCUT2D eigenvalue weighted by atomic mass is 10.1. The van der Waals surface area contributed by atoms with Crippen LogP contribution in [0.2, 0.25) is 0 Å². The zero-order chi connectivity index (χ0) is 22.4. The highest BCUT2D eigenvalue weighted by Gasteiger charge is 2.17. The van der Waals surface area contributed by atoms with Crippen molar-refractivity contribution in [2.45, 2.75) is 38.7 Å². The van der Waals surface area contributed by atoms with Crippen molar-refractivity contribution < 1.29 is 18.0 Å². The van der Waals surface area contributed by atoms with Gasteiger partial charge in [0.2, 0.25) is 15.9 Å². The molecule has 0 spiro atoms. The highest BCUT2D eigenvalue weighted by Crippen LogP contribution is 2.10. The number of amides is 1. The largest absolute Gasteiger partial charge is 0.353 e. The molecule has 0 unspecified atom stereocenters. The normalized spacial score (nSPS) is 11.8. The number of pyridine rings is 1. The summed E-state index contributed by atoms with van der Waals surface area (Å²) in [4.78, 5) is 21.3. The molecule has 1 amide bonds. The summed E-state index contributed by atoms with van der Waals surface area (Å²) in [5.41, 5.74) is 1.81. The fraction of sp³-hybridized carbons (Fsp3) is 0.391. The number of nitrogens with one attached hydrogen (secondary N) is 1. The molecule has 0 saturated carbocycles. The Morgan fingerprint density at radius 3 is 2.52 bits per heavy atom. The number of hydrogen-bond acceptors (Lipinski definition) is 5. The van der Waals surface area contributed by atoms with Gasteiger partial charge in [-0.1, -0.05) is 60.1 Å². The molecule has 0 saturated heterocycles. The van der Waals surface area contributed by atoms with Crippen molar-refractivity contribution in [3.63, 3.8) is 0 Å². The van der Waals surface area contributed by atoms with E-state index in [1.807, 2.05) is 42.5 Å². The molecule has 7 nitrogen and oxygen atoms in total. The van der Waals surface area contributed by atoms with Crippen LogP contribution in [0.25, 0.3) is 6.08 Å². The monoisotopic (exact) mass is 445 g/mol. The highest BCUT2D eigenvalue weighted by atomic mass is 32.2. The van der Waals surface area contributed by atoms with E-state index in [0.29, 0.717) is 13.1 Å². The van der Waals surface area contributed by atoms with Gasteiger partial charge in [0.1, 0.15) is 0 Å². The van der Waals surface area contributed by atoms with Crippen molar-refractivity contribution in [3.05, 3.63) is 72.1 Å². The summed E-state index contributed by atoms with van der Waals surface area (Å²) < 4.78 is 24.9. The summed E-state index contributed by atoms with van der Waals surface area (Å²) >= 11 is 0. The van der Waals surface area contributed by atoms with E-state index in [9.17, 15) is 13.2 Å². The summed E-state index contributed by atoms with van der Waals surface area (Å²) in [6.07, 6.45) is 12.2. The number of rotatable bonds is 14. The first kappa shape index (κ1) is 24.7. The Bertz CT molecular complexity index is 903. The van der Waals surface area contributed by atoms with Crippen molar-refractivity contribution in [2.75, 3.05) is 19.3 Å². The van der Waals surface area contributed by atoms with Gasteiger partial charge in [0.25, 0.3) is 0 Å². The SMILES string of the molecule is CS(=O)(=O)N(CCCCCCCNC(=O)C=Cc1cccnc1)OCc1ccccc1. The lowest BCUT2D eigenvalue weighted by Gasteiger charge is -2.19. The van der Waals surface area contributed by atoms with Gasteiger partial charge < -0.3 is 5.32 Å². The number of nitrogens with zero attached hydrogens (tertiary/aromatic N) is 2. The van der Waals surface area contributed by atoms with Gasteiger partial charge in [-0.2, -0.15) is 0 Å². The third-order valence-electron chi connectivity index (χ3n) is 4.52. The number of carbonyl (C=O) groups is 1. The molecule has 0 radical (unpaired) electrons. The predicted octanol–water partition coefficient (Wildman–Crippen LogP) is 3.55. The van der Waals surface area contributed by atoms with Crippen LogP contribution >= 0.6 is 0 Å². The van der Waals surface area contributed by atoms with E-state index in [-0.39, 0.29) is 12.5 Å². The Labute approximate surface area is 185 Å². The van der Waals surface area contributed by atoms with Crippen LogP contribution in [0.15, 0.2) is 60.9 Å². The van der Waals surface area contributed by atoms with E-state index < -0.39 is 10.0 Å². The molecule has 0 aliphatic rings. The molecule has 0 fully saturated rings. The van der Waals surface area contributed by atoms with E-state index >= 15 is 0 Å². The maximum atomic E-state index is 11.9. The Hall–Kier alpha value is -2.55. The van der Waals surface area contributed by atoms with Crippen LogP contribution in [0.4, 0.5) is 0 Å². The minimum Gasteiger partial charge on any atom is -0.353 e. The first-order valence-corrected chi connectivity index (χ1v) is 12.3. The average Bonchev–Trinajstić information content (AvgIpc) is 2.76. The highest BCUT2D eigenvalue weighted by molar-refractivity contribution is 7.88. The molecular weight excluding hydrogens is 414 g/mol. The van der Waals surface area contributed by atoms with Crippen molar-refractivity contribution in [3.8, 4) is 0 Å². The van der Waals surface area contributed by atoms with Crippen molar-refractivity contribution in [2.24, 2.45) is 0 Å². The van der Waals surface area contributed by atoms with E-state index in [4.69, 9.17) is 4.84 Å². The third kappa shape index (κ3) is 10.9. The number of aromatic nitrogens is 1. The smallest absolute Gasteiger partial charge is 0.243 e. The summed E-state index contributed by atoms with van der Waals surface area (Å²) in [6, 6.07) is 13.2. The lowest BCUT2D eigenvalue weighted by molar-refractivity contribution is -0.116. The standard InChI is InChI=1S/C23H31N3O4S/c1-31(28,29)26(30-20-22-11-6-5-7-12-22)18-9-4-2-3-8-17-25-23(27)15-14-21-13-10-16-24-19-21/h5-7,10-16,19H,2-4,8-9,17-18,20H2,1H3,(H,25,27). The maximum absolute atomic E-state index is 11.9. The number of sulfonamides is 1. The van der Waals surface area contributed by atoms with E-state index in [1.165, 1.54) is 6.08 Å². The van der Waals surface area contributed by atoms with Gasteiger partial charge in [0.15, 0.2) is 0 Å². The van der Waals surface area contributed by atoms with Crippen LogP contribution in [0.1, 0.15) is 43.2 Å². The molecule has 0 aliphatic carbocycles. The average molecular weight is 446 g/mol. The fourth-order valence-electron chi connectivity index (χ4n) is 2.86. The molecule has 0 atom stereocenters. The molecule has 168 valence electrons. The number of carbonyl (C=O) groups excluding carboxylic acids is 1. The van der Waals surface area contributed by atoms with Crippen LogP contribution in [0.5, 0.6) is 0 Å². The van der Waals surface area contributed by atoms with Crippen molar-refractivity contribution in [1.82, 2.24) is 14.8 Å². The molecule has 8 heteroatoms. The van der Waals surface area contributed by atoms with Crippen LogP contribution in [0.3, 0.4) is 0 Å². The van der Waals surface area contributed by atoms with Gasteiger partial charge >= 0.3 is 0 Å². The number of unbranched alkanes of at least 4 members (excludes halogenated alkanes) is 4. The molecule has 1 heterocycles. The van der Waals surface area contributed by atoms with Crippen LogP contribution in [-0.2, 0) is 26.3 Å². The maximum Gasteiger partial charge on any atom is 0.243 e. The number of hydrogen-bond donors (Lipinski definition) is 1. The van der Waals surface area contributed by atoms with Crippen molar-refractivity contribution in [1.29, 1.82) is 0 Å². The van der Waals surface area contributed by atoms with E-state index in [1.54, 1.807) is 18.5 Å². The molecule has 31 heavy (non-hydrogen) atoms. The molecule has 1 N–H and O–H groups in total. The van der Waals surface area contributed by atoms with Crippen molar-refractivity contribution >= 4 is 22.0 Å². The quantitative estimate of drug-likeness (QED) is 0.273. The minimum absolute atomic E-state index is 0.122. The topological polar surface area (TPSA) is 88.6 Å². The second-order valence-corrected chi connectivity index (χ2v) is 9.10. The van der Waals surface area contributed by atoms with Crippen LogP contribution in [-0.4, -0.2) is 43.1 Å². The van der Waals surface area contributed by atoms with Crippen LogP contribution < -0.4 is 5.32 Å². The lowest BCUT2D eigenvalue weighted by Crippen LogP contribution is -2.31. The van der Waals surface area contributed by atoms with E-state index in [2.05, 4.69) is 10.3 Å². The molecule has 0 bridgehead atoms. The van der Waals surface area contributed by atoms with Crippen LogP contribution in [0, 0.1) is 0 Å². The summed E-state index contributed by atoms with van der Waals surface area (Å²) in [5, 5.41) is 2.86. The first-order chi connectivity index (χ1) is 14.9. The molecular formula is C23H31N3O4S. The number of hydroxylamine groups is 1. The molecule has 2 rings (SSSR count). The Morgan fingerprint density at radius 2 is 1.81 bits per heavy atom. The summed E-state index contributed by atoms with van der Waals surface area (Å²) in [7, 11) is -3.42. The Balaban J connectivity index is 1.55. The minimum atomic E-state index is -3.42. The Morgan fingerprint density at radius 1 is 1.06 bits per heavy atom. The van der Waals surface area contributed by atoms with Gasteiger partial charge in [0, 0.05) is 31.6 Å². The van der Waals surface area contributed by atoms with Gasteiger partial charge in [-0.25, -0.2) is 8.42 Å². The van der Waals surface area contributed by atoms with Gasteiger partial charge in [0.05, 0.1) is 12.9 Å². The third-order valence-corrected chi connectivity index (χ3v) is 5.54. The number of benzene rings is 1. The summed E-state index contributed by atoms with van der Waals surface area (Å²) in [6.45, 7) is 1.18. The second kappa shape index (κ2) is 13.7. The van der Waals surface area contributed by atoms with Gasteiger partial charge in [-0.05, 0) is 36.1 Å². The molecule has 1 aromatic heterocycles. The molecule has 1 aromatic carbocycles.